The quantitative estimate of drug-likeness (QED) is 0.878. The third-order valence-corrected chi connectivity index (χ3v) is 3.33. The van der Waals surface area contributed by atoms with Crippen molar-refractivity contribution in [3.05, 3.63) is 47.3 Å². The summed E-state index contributed by atoms with van der Waals surface area (Å²) in [6, 6.07) is 5.16. The lowest BCUT2D eigenvalue weighted by Crippen LogP contribution is -2.08. The summed E-state index contributed by atoms with van der Waals surface area (Å²) in [5, 5.41) is 16.6. The molecule has 5 heteroatoms. The molecule has 0 fully saturated rings. The minimum atomic E-state index is -0.917. The molecule has 0 bridgehead atoms. The van der Waals surface area contributed by atoms with Gasteiger partial charge in [0, 0.05) is 24.0 Å². The van der Waals surface area contributed by atoms with Crippen LogP contribution in [0.2, 0.25) is 0 Å². The lowest BCUT2D eigenvalue weighted by Gasteiger charge is -2.16. The average molecular weight is 273 g/mol. The first-order chi connectivity index (χ1) is 9.51. The molecule has 2 N–H and O–H groups in total. The van der Waals surface area contributed by atoms with E-state index in [1.165, 1.54) is 0 Å². The Bertz CT molecular complexity index is 619. The second kappa shape index (κ2) is 5.77. The summed E-state index contributed by atoms with van der Waals surface area (Å²) in [6.45, 7) is 6.86. The van der Waals surface area contributed by atoms with E-state index < -0.39 is 5.97 Å². The largest absolute Gasteiger partial charge is 0.478 e. The molecule has 0 aliphatic rings. The summed E-state index contributed by atoms with van der Waals surface area (Å²) in [7, 11) is 0. The second-order valence-corrected chi connectivity index (χ2v) is 4.83. The van der Waals surface area contributed by atoms with Crippen molar-refractivity contribution < 1.29 is 9.90 Å². The maximum Gasteiger partial charge on any atom is 0.335 e. The Balaban J connectivity index is 2.20. The van der Waals surface area contributed by atoms with Crippen LogP contribution in [0.4, 0.5) is 5.69 Å². The van der Waals surface area contributed by atoms with E-state index in [1.54, 1.807) is 12.1 Å². The number of nitrogens with one attached hydrogen (secondary N) is 1. The van der Waals surface area contributed by atoms with Gasteiger partial charge in [-0.1, -0.05) is 6.07 Å². The summed E-state index contributed by atoms with van der Waals surface area (Å²) < 4.78 is 1.87. The van der Waals surface area contributed by atoms with E-state index in [2.05, 4.69) is 10.4 Å². The van der Waals surface area contributed by atoms with Crippen LogP contribution in [0.5, 0.6) is 0 Å². The number of benzene rings is 1. The van der Waals surface area contributed by atoms with Crippen molar-refractivity contribution in [2.24, 2.45) is 0 Å². The van der Waals surface area contributed by atoms with E-state index in [1.807, 2.05) is 43.9 Å². The number of carbonyl (C=O) groups is 1. The molecule has 0 aliphatic carbocycles. The standard InChI is InChI=1S/C15H19N3O2/c1-4-18-9-13(8-16-18)11(3)17-14-7-12(15(19)20)6-5-10(14)2/h5-9,11,17H,4H2,1-3H3,(H,19,20). The van der Waals surface area contributed by atoms with Crippen molar-refractivity contribution >= 4 is 11.7 Å². The summed E-state index contributed by atoms with van der Waals surface area (Å²) in [4.78, 5) is 11.0. The first-order valence-corrected chi connectivity index (χ1v) is 6.64. The van der Waals surface area contributed by atoms with E-state index in [-0.39, 0.29) is 11.6 Å². The van der Waals surface area contributed by atoms with E-state index in [0.29, 0.717) is 0 Å². The van der Waals surface area contributed by atoms with Gasteiger partial charge in [-0.2, -0.15) is 5.10 Å². The van der Waals surface area contributed by atoms with Gasteiger partial charge >= 0.3 is 5.97 Å². The van der Waals surface area contributed by atoms with Gasteiger partial charge in [0.15, 0.2) is 0 Å². The van der Waals surface area contributed by atoms with Crippen LogP contribution in [0.1, 0.15) is 41.4 Å². The van der Waals surface area contributed by atoms with Gasteiger partial charge in [0.1, 0.15) is 0 Å². The summed E-state index contributed by atoms with van der Waals surface area (Å²) in [5.41, 5.74) is 3.22. The molecule has 2 rings (SSSR count). The highest BCUT2D eigenvalue weighted by Crippen LogP contribution is 2.23. The Hall–Kier alpha value is -2.30. The smallest absolute Gasteiger partial charge is 0.335 e. The number of carboxylic acids is 1. The molecular weight excluding hydrogens is 254 g/mol. The van der Waals surface area contributed by atoms with Crippen LogP contribution in [0.3, 0.4) is 0 Å². The molecule has 0 saturated heterocycles. The number of rotatable bonds is 5. The van der Waals surface area contributed by atoms with Crippen LogP contribution < -0.4 is 5.32 Å². The summed E-state index contributed by atoms with van der Waals surface area (Å²) in [5.74, 6) is -0.917. The number of aryl methyl sites for hydroxylation is 2. The number of aromatic carboxylic acids is 1. The van der Waals surface area contributed by atoms with Crippen LogP contribution in [0.15, 0.2) is 30.6 Å². The van der Waals surface area contributed by atoms with Gasteiger partial charge in [0.05, 0.1) is 17.8 Å². The average Bonchev–Trinajstić information content (AvgIpc) is 2.89. The third kappa shape index (κ3) is 2.99. The Morgan fingerprint density at radius 1 is 1.50 bits per heavy atom. The normalized spacial score (nSPS) is 12.2. The highest BCUT2D eigenvalue weighted by molar-refractivity contribution is 5.89. The minimum Gasteiger partial charge on any atom is -0.478 e. The van der Waals surface area contributed by atoms with Gasteiger partial charge in [-0.3, -0.25) is 4.68 Å². The zero-order chi connectivity index (χ0) is 14.7. The Labute approximate surface area is 118 Å². The van der Waals surface area contributed by atoms with Gasteiger partial charge in [-0.25, -0.2) is 4.79 Å². The van der Waals surface area contributed by atoms with E-state index in [9.17, 15) is 4.79 Å². The van der Waals surface area contributed by atoms with Crippen molar-refractivity contribution in [3.63, 3.8) is 0 Å². The van der Waals surface area contributed by atoms with Gasteiger partial charge in [0.25, 0.3) is 0 Å². The SMILES string of the molecule is CCn1cc(C(C)Nc2cc(C(=O)O)ccc2C)cn1. The Morgan fingerprint density at radius 3 is 2.85 bits per heavy atom. The molecule has 1 aromatic carbocycles. The van der Waals surface area contributed by atoms with Crippen LogP contribution in [0, 0.1) is 6.92 Å². The van der Waals surface area contributed by atoms with Gasteiger partial charge in [-0.05, 0) is 38.5 Å². The fourth-order valence-corrected chi connectivity index (χ4v) is 2.00. The van der Waals surface area contributed by atoms with Gasteiger partial charge in [0.2, 0.25) is 0 Å². The second-order valence-electron chi connectivity index (χ2n) is 4.83. The van der Waals surface area contributed by atoms with Crippen molar-refractivity contribution in [1.29, 1.82) is 0 Å². The Kier molecular flexibility index (Phi) is 4.08. The van der Waals surface area contributed by atoms with Gasteiger partial charge < -0.3 is 10.4 Å². The lowest BCUT2D eigenvalue weighted by atomic mass is 10.1. The predicted molar refractivity (Wildman–Crippen MR) is 78.1 cm³/mol. The molecular formula is C15H19N3O2. The van der Waals surface area contributed by atoms with Crippen LogP contribution in [0.25, 0.3) is 0 Å². The molecule has 106 valence electrons. The first kappa shape index (κ1) is 14.1. The molecule has 1 atom stereocenters. The van der Waals surface area contributed by atoms with Crippen molar-refractivity contribution in [2.75, 3.05) is 5.32 Å². The minimum absolute atomic E-state index is 0.0676. The zero-order valence-corrected chi connectivity index (χ0v) is 11.9. The van der Waals surface area contributed by atoms with Crippen molar-refractivity contribution in [3.8, 4) is 0 Å². The number of hydrogen-bond donors (Lipinski definition) is 2. The van der Waals surface area contributed by atoms with Crippen molar-refractivity contribution in [1.82, 2.24) is 9.78 Å². The number of anilines is 1. The molecule has 0 radical (unpaired) electrons. The fraction of sp³-hybridized carbons (Fsp3) is 0.333. The van der Waals surface area contributed by atoms with E-state index in [0.717, 1.165) is 23.4 Å². The Morgan fingerprint density at radius 2 is 2.25 bits per heavy atom. The maximum absolute atomic E-state index is 11.0. The number of hydrogen-bond acceptors (Lipinski definition) is 3. The van der Waals surface area contributed by atoms with Crippen LogP contribution >= 0.6 is 0 Å². The van der Waals surface area contributed by atoms with Gasteiger partial charge in [-0.15, -0.1) is 0 Å². The molecule has 1 unspecified atom stereocenters. The molecule has 20 heavy (non-hydrogen) atoms. The highest BCUT2D eigenvalue weighted by Gasteiger charge is 2.11. The first-order valence-electron chi connectivity index (χ1n) is 6.64. The van der Waals surface area contributed by atoms with Crippen molar-refractivity contribution in [2.45, 2.75) is 33.4 Å². The van der Waals surface area contributed by atoms with Crippen LogP contribution in [-0.2, 0) is 6.54 Å². The molecule has 2 aromatic rings. The topological polar surface area (TPSA) is 67.2 Å². The third-order valence-electron chi connectivity index (χ3n) is 3.33. The van der Waals surface area contributed by atoms with E-state index in [4.69, 9.17) is 5.11 Å². The molecule has 5 nitrogen and oxygen atoms in total. The molecule has 0 amide bonds. The molecule has 0 aliphatic heterocycles. The van der Waals surface area contributed by atoms with E-state index >= 15 is 0 Å². The fourth-order valence-electron chi connectivity index (χ4n) is 2.00. The zero-order valence-electron chi connectivity index (χ0n) is 11.9. The number of nitrogens with zero attached hydrogens (tertiary/aromatic N) is 2. The maximum atomic E-state index is 11.0. The highest BCUT2D eigenvalue weighted by atomic mass is 16.4. The monoisotopic (exact) mass is 273 g/mol. The summed E-state index contributed by atoms with van der Waals surface area (Å²) >= 11 is 0. The molecule has 0 spiro atoms. The summed E-state index contributed by atoms with van der Waals surface area (Å²) in [6.07, 6.45) is 3.82. The molecule has 1 aromatic heterocycles. The predicted octanol–water partition coefficient (Wildman–Crippen LogP) is 3.08. The lowest BCUT2D eigenvalue weighted by molar-refractivity contribution is 0.0697. The van der Waals surface area contributed by atoms with Crippen LogP contribution in [-0.4, -0.2) is 20.9 Å². The number of aromatic nitrogens is 2. The molecule has 1 heterocycles. The number of carboxylic acid groups (broad SMARTS) is 1. The molecule has 0 saturated carbocycles.